The van der Waals surface area contributed by atoms with E-state index in [9.17, 15) is 4.79 Å². The van der Waals surface area contributed by atoms with Gasteiger partial charge in [0.2, 0.25) is 0 Å². The molecule has 0 bridgehead atoms. The molecule has 2 N–H and O–H groups in total. The zero-order chi connectivity index (χ0) is 19.3. The van der Waals surface area contributed by atoms with E-state index < -0.39 is 0 Å². The molecule has 0 atom stereocenters. The van der Waals surface area contributed by atoms with Crippen LogP contribution < -0.4 is 10.6 Å². The van der Waals surface area contributed by atoms with E-state index in [2.05, 4.69) is 17.6 Å². The molecule has 7 heteroatoms. The molecule has 1 aliphatic rings. The van der Waals surface area contributed by atoms with Gasteiger partial charge in [-0.1, -0.05) is 19.8 Å². The number of furan rings is 1. The van der Waals surface area contributed by atoms with Crippen LogP contribution in [0.2, 0.25) is 0 Å². The molecule has 0 aromatic carbocycles. The first kappa shape index (κ1) is 21.1. The second-order valence-electron chi connectivity index (χ2n) is 6.80. The van der Waals surface area contributed by atoms with Crippen LogP contribution in [0.3, 0.4) is 0 Å². The fourth-order valence-electron chi connectivity index (χ4n) is 3.08. The molecule has 7 nitrogen and oxygen atoms in total. The smallest absolute Gasteiger partial charge is 0.409 e. The second kappa shape index (κ2) is 12.3. The van der Waals surface area contributed by atoms with Crippen molar-refractivity contribution in [2.75, 3.05) is 32.8 Å². The van der Waals surface area contributed by atoms with E-state index in [-0.39, 0.29) is 6.09 Å². The molecule has 1 aliphatic heterocycles. The number of piperidine rings is 1. The van der Waals surface area contributed by atoms with Crippen LogP contribution in [0, 0.1) is 0 Å². The number of amides is 1. The monoisotopic (exact) mass is 378 g/mol. The first-order chi connectivity index (χ1) is 13.2. The number of hydrogen-bond acceptors (Lipinski definition) is 4. The highest BCUT2D eigenvalue weighted by molar-refractivity contribution is 5.80. The van der Waals surface area contributed by atoms with Gasteiger partial charge in [0.1, 0.15) is 5.76 Å². The Hall–Kier alpha value is -2.18. The molecule has 0 saturated carbocycles. The Labute approximate surface area is 162 Å². The van der Waals surface area contributed by atoms with Crippen molar-refractivity contribution in [3.63, 3.8) is 0 Å². The van der Waals surface area contributed by atoms with Gasteiger partial charge in [-0.15, -0.1) is 0 Å². The summed E-state index contributed by atoms with van der Waals surface area (Å²) in [5.41, 5.74) is 0. The van der Waals surface area contributed by atoms with Gasteiger partial charge >= 0.3 is 6.09 Å². The van der Waals surface area contributed by atoms with Crippen LogP contribution in [-0.4, -0.2) is 55.8 Å². The van der Waals surface area contributed by atoms with Crippen molar-refractivity contribution in [2.24, 2.45) is 4.99 Å². The maximum atomic E-state index is 11.8. The fraction of sp³-hybridized carbons (Fsp3) is 0.700. The second-order valence-corrected chi connectivity index (χ2v) is 6.80. The van der Waals surface area contributed by atoms with Gasteiger partial charge in [-0.2, -0.15) is 0 Å². The Morgan fingerprint density at radius 3 is 2.81 bits per heavy atom. The normalized spacial score (nSPS) is 15.6. The van der Waals surface area contributed by atoms with E-state index in [0.717, 1.165) is 50.5 Å². The molecule has 1 fully saturated rings. The Bertz CT molecular complexity index is 552. The number of carbonyl (C=O) groups excluding carboxylic acids is 1. The Balaban J connectivity index is 1.79. The van der Waals surface area contributed by atoms with Crippen LogP contribution in [0.4, 0.5) is 4.79 Å². The molecule has 1 amide bonds. The lowest BCUT2D eigenvalue weighted by atomic mass is 10.1. The van der Waals surface area contributed by atoms with E-state index in [4.69, 9.17) is 14.1 Å². The number of ether oxygens (including phenoxy) is 1. The van der Waals surface area contributed by atoms with Gasteiger partial charge in [0.25, 0.3) is 0 Å². The van der Waals surface area contributed by atoms with Crippen LogP contribution in [-0.2, 0) is 11.2 Å². The summed E-state index contributed by atoms with van der Waals surface area (Å²) in [5, 5.41) is 6.94. The minimum atomic E-state index is -0.207. The number of carbonyl (C=O) groups is 1. The van der Waals surface area contributed by atoms with E-state index in [1.54, 1.807) is 11.2 Å². The highest BCUT2D eigenvalue weighted by Crippen LogP contribution is 2.11. The Kier molecular flexibility index (Phi) is 9.58. The predicted octanol–water partition coefficient (Wildman–Crippen LogP) is 3.17. The summed E-state index contributed by atoms with van der Waals surface area (Å²) in [4.78, 5) is 18.3. The van der Waals surface area contributed by atoms with Gasteiger partial charge in [0, 0.05) is 38.6 Å². The maximum Gasteiger partial charge on any atom is 0.409 e. The van der Waals surface area contributed by atoms with Crippen LogP contribution >= 0.6 is 0 Å². The first-order valence-electron chi connectivity index (χ1n) is 10.2. The molecule has 2 rings (SSSR count). The third-order valence-electron chi connectivity index (χ3n) is 4.64. The van der Waals surface area contributed by atoms with Crippen LogP contribution in [0.5, 0.6) is 0 Å². The summed E-state index contributed by atoms with van der Waals surface area (Å²) >= 11 is 0. The van der Waals surface area contributed by atoms with Crippen molar-refractivity contribution in [1.82, 2.24) is 15.5 Å². The van der Waals surface area contributed by atoms with Crippen LogP contribution in [0.15, 0.2) is 27.8 Å². The van der Waals surface area contributed by atoms with Gasteiger partial charge in [-0.05, 0) is 38.3 Å². The average Bonchev–Trinajstić information content (AvgIpc) is 3.19. The molecule has 2 heterocycles. The Morgan fingerprint density at radius 2 is 2.15 bits per heavy atom. The standard InChI is InChI=1S/C20H34N4O3/c1-3-5-6-12-21-19(22-13-9-18-8-7-16-27-18)23-17-10-14-24(15-11-17)20(25)26-4-2/h7-8,16-17H,3-6,9-15H2,1-2H3,(H2,21,22,23). The quantitative estimate of drug-likeness (QED) is 0.392. The lowest BCUT2D eigenvalue weighted by Gasteiger charge is -2.32. The van der Waals surface area contributed by atoms with Gasteiger partial charge in [-0.3, -0.25) is 4.99 Å². The topological polar surface area (TPSA) is 79.1 Å². The van der Waals surface area contributed by atoms with E-state index >= 15 is 0 Å². The van der Waals surface area contributed by atoms with Crippen molar-refractivity contribution in [1.29, 1.82) is 0 Å². The molecule has 0 radical (unpaired) electrons. The third kappa shape index (κ3) is 7.93. The molecular weight excluding hydrogens is 344 g/mol. The average molecular weight is 379 g/mol. The van der Waals surface area contributed by atoms with Crippen LogP contribution in [0.25, 0.3) is 0 Å². The molecular formula is C20H34N4O3. The lowest BCUT2D eigenvalue weighted by Crippen LogP contribution is -2.50. The number of nitrogens with one attached hydrogen (secondary N) is 2. The molecule has 1 saturated heterocycles. The number of unbranched alkanes of at least 4 members (excludes halogenated alkanes) is 2. The highest BCUT2D eigenvalue weighted by Gasteiger charge is 2.24. The highest BCUT2D eigenvalue weighted by atomic mass is 16.6. The summed E-state index contributed by atoms with van der Waals surface area (Å²) in [6.07, 6.45) is 7.59. The number of hydrogen-bond donors (Lipinski definition) is 2. The predicted molar refractivity (Wildman–Crippen MR) is 107 cm³/mol. The number of rotatable bonds is 9. The molecule has 0 aliphatic carbocycles. The van der Waals surface area contributed by atoms with E-state index in [0.29, 0.717) is 25.7 Å². The summed E-state index contributed by atoms with van der Waals surface area (Å²) in [6, 6.07) is 4.21. The van der Waals surface area contributed by atoms with Gasteiger partial charge in [0.15, 0.2) is 5.96 Å². The molecule has 152 valence electrons. The van der Waals surface area contributed by atoms with E-state index in [1.807, 2.05) is 19.1 Å². The lowest BCUT2D eigenvalue weighted by molar-refractivity contribution is 0.0963. The Morgan fingerprint density at radius 1 is 1.33 bits per heavy atom. The molecule has 0 spiro atoms. The van der Waals surface area contributed by atoms with Crippen molar-refractivity contribution in [3.05, 3.63) is 24.2 Å². The van der Waals surface area contributed by atoms with E-state index in [1.165, 1.54) is 12.8 Å². The number of aliphatic imine (C=N–C) groups is 1. The third-order valence-corrected chi connectivity index (χ3v) is 4.64. The van der Waals surface area contributed by atoms with Crippen molar-refractivity contribution < 1.29 is 13.9 Å². The summed E-state index contributed by atoms with van der Waals surface area (Å²) < 4.78 is 10.5. The van der Waals surface area contributed by atoms with Gasteiger partial charge < -0.3 is 24.7 Å². The number of nitrogens with zero attached hydrogens (tertiary/aromatic N) is 2. The van der Waals surface area contributed by atoms with Crippen LogP contribution in [0.1, 0.15) is 51.7 Å². The number of likely N-dealkylation sites (tertiary alicyclic amines) is 1. The van der Waals surface area contributed by atoms with Crippen molar-refractivity contribution in [3.8, 4) is 0 Å². The molecule has 1 aromatic heterocycles. The minimum Gasteiger partial charge on any atom is -0.469 e. The molecule has 1 aromatic rings. The molecule has 0 unspecified atom stereocenters. The molecule has 27 heavy (non-hydrogen) atoms. The largest absolute Gasteiger partial charge is 0.469 e. The zero-order valence-corrected chi connectivity index (χ0v) is 16.7. The summed E-state index contributed by atoms with van der Waals surface area (Å²) in [6.45, 7) is 7.48. The number of guanidine groups is 1. The summed E-state index contributed by atoms with van der Waals surface area (Å²) in [5.74, 6) is 1.82. The van der Waals surface area contributed by atoms with Gasteiger partial charge in [0.05, 0.1) is 12.9 Å². The van der Waals surface area contributed by atoms with Gasteiger partial charge in [-0.25, -0.2) is 4.79 Å². The van der Waals surface area contributed by atoms with Crippen molar-refractivity contribution >= 4 is 12.1 Å². The maximum absolute atomic E-state index is 11.8. The first-order valence-corrected chi connectivity index (χ1v) is 10.2. The SMILES string of the molecule is CCCCCN=C(NCCc1ccco1)NC1CCN(C(=O)OCC)CC1. The zero-order valence-electron chi connectivity index (χ0n) is 16.7. The van der Waals surface area contributed by atoms with Crippen molar-refractivity contribution in [2.45, 2.75) is 58.4 Å². The minimum absolute atomic E-state index is 0.207. The fourth-order valence-corrected chi connectivity index (χ4v) is 3.08. The summed E-state index contributed by atoms with van der Waals surface area (Å²) in [7, 11) is 0.